The highest BCUT2D eigenvalue weighted by molar-refractivity contribution is 5.91. The topological polar surface area (TPSA) is 84.3 Å². The van der Waals surface area contributed by atoms with Gasteiger partial charge in [0.2, 0.25) is 0 Å². The summed E-state index contributed by atoms with van der Waals surface area (Å²) in [4.78, 5) is 23.8. The normalized spacial score (nSPS) is 16.7. The van der Waals surface area contributed by atoms with Crippen molar-refractivity contribution < 1.29 is 9.53 Å². The Morgan fingerprint density at radius 3 is 2.73 bits per heavy atom. The van der Waals surface area contributed by atoms with Crippen LogP contribution in [0, 0.1) is 6.92 Å². The molecular formula is C22H28N6O2. The third-order valence-electron chi connectivity index (χ3n) is 5.48. The van der Waals surface area contributed by atoms with E-state index in [1.165, 1.54) is 0 Å². The molecule has 3 heterocycles. The molecule has 1 fully saturated rings. The number of pyridine rings is 1. The maximum Gasteiger partial charge on any atom is 0.319 e. The number of amides is 2. The highest BCUT2D eigenvalue weighted by Gasteiger charge is 2.24. The van der Waals surface area contributed by atoms with Crippen molar-refractivity contribution in [2.45, 2.75) is 26.8 Å². The molecular weight excluding hydrogens is 380 g/mol. The molecule has 0 unspecified atom stereocenters. The molecule has 0 bridgehead atoms. The van der Waals surface area contributed by atoms with Crippen LogP contribution in [0.2, 0.25) is 0 Å². The third-order valence-corrected chi connectivity index (χ3v) is 5.48. The first-order valence-corrected chi connectivity index (χ1v) is 10.3. The number of rotatable bonds is 4. The van der Waals surface area contributed by atoms with Gasteiger partial charge in [-0.1, -0.05) is 12.1 Å². The average molecular weight is 409 g/mol. The highest BCUT2D eigenvalue weighted by Crippen LogP contribution is 2.33. The zero-order valence-corrected chi connectivity index (χ0v) is 17.9. The van der Waals surface area contributed by atoms with E-state index in [9.17, 15) is 4.79 Å². The second-order valence-electron chi connectivity index (χ2n) is 7.60. The maximum atomic E-state index is 11.7. The van der Waals surface area contributed by atoms with Crippen molar-refractivity contribution in [2.75, 3.05) is 36.5 Å². The first-order chi connectivity index (χ1) is 14.5. The van der Waals surface area contributed by atoms with Gasteiger partial charge < -0.3 is 24.8 Å². The lowest BCUT2D eigenvalue weighted by Gasteiger charge is -2.35. The first kappa shape index (κ1) is 20.2. The quantitative estimate of drug-likeness (QED) is 0.692. The van der Waals surface area contributed by atoms with E-state index in [-0.39, 0.29) is 12.1 Å². The zero-order chi connectivity index (χ0) is 21.3. The number of benzene rings is 1. The van der Waals surface area contributed by atoms with Crippen LogP contribution in [0.15, 0.2) is 30.3 Å². The van der Waals surface area contributed by atoms with Gasteiger partial charge in [-0.05, 0) is 39.0 Å². The van der Waals surface area contributed by atoms with E-state index in [0.717, 1.165) is 46.2 Å². The molecule has 8 heteroatoms. The lowest BCUT2D eigenvalue weighted by atomic mass is 10.1. The summed E-state index contributed by atoms with van der Waals surface area (Å²) in [6, 6.07) is 9.91. The van der Waals surface area contributed by atoms with Crippen molar-refractivity contribution in [3.63, 3.8) is 0 Å². The molecule has 4 rings (SSSR count). The molecule has 1 aliphatic heterocycles. The number of nitrogens with one attached hydrogen (secondary N) is 2. The molecule has 2 N–H and O–H groups in total. The van der Waals surface area contributed by atoms with E-state index in [1.807, 2.05) is 49.7 Å². The fourth-order valence-electron chi connectivity index (χ4n) is 3.75. The van der Waals surface area contributed by atoms with Crippen molar-refractivity contribution in [3.05, 3.63) is 36.2 Å². The van der Waals surface area contributed by atoms with Crippen molar-refractivity contribution >= 4 is 28.6 Å². The molecule has 158 valence electrons. The number of carbonyl (C=O) groups is 1. The number of morpholine rings is 1. The minimum absolute atomic E-state index is 0.209. The standard InChI is InChI=1S/C22H28N6O2/c1-5-23-22(29)25-17-8-6-16(7-9-17)18-12-19(28-10-11-30-13-14(28)2)20-21(26-18)27(4)15(3)24-20/h6-9,12,14H,5,10-11,13H2,1-4H3,(H2,23,25,29)/t14-/m0/s1. The lowest BCUT2D eigenvalue weighted by Crippen LogP contribution is -2.43. The van der Waals surface area contributed by atoms with Gasteiger partial charge in [0.1, 0.15) is 11.3 Å². The Balaban J connectivity index is 1.74. The van der Waals surface area contributed by atoms with Crippen molar-refractivity contribution in [1.82, 2.24) is 19.9 Å². The van der Waals surface area contributed by atoms with Gasteiger partial charge in [0.05, 0.1) is 24.6 Å². The summed E-state index contributed by atoms with van der Waals surface area (Å²) in [5, 5.41) is 5.55. The predicted octanol–water partition coefficient (Wildman–Crippen LogP) is 3.31. The summed E-state index contributed by atoms with van der Waals surface area (Å²) in [6.45, 7) is 8.86. The number of aromatic nitrogens is 3. The number of carbonyl (C=O) groups excluding carboxylic acids is 1. The van der Waals surface area contributed by atoms with Crippen LogP contribution in [0.3, 0.4) is 0 Å². The number of nitrogens with zero attached hydrogens (tertiary/aromatic N) is 4. The molecule has 1 atom stereocenters. The molecule has 1 saturated heterocycles. The molecule has 0 saturated carbocycles. The van der Waals surface area contributed by atoms with Crippen LogP contribution in [0.1, 0.15) is 19.7 Å². The minimum Gasteiger partial charge on any atom is -0.377 e. The number of aryl methyl sites for hydroxylation is 2. The van der Waals surface area contributed by atoms with Crippen LogP contribution in [0.25, 0.3) is 22.4 Å². The summed E-state index contributed by atoms with van der Waals surface area (Å²) in [5.41, 5.74) is 5.47. The number of urea groups is 1. The molecule has 30 heavy (non-hydrogen) atoms. The maximum absolute atomic E-state index is 11.7. The summed E-state index contributed by atoms with van der Waals surface area (Å²) < 4.78 is 7.66. The number of hydrogen-bond acceptors (Lipinski definition) is 5. The average Bonchev–Trinajstić information content (AvgIpc) is 3.03. The van der Waals surface area contributed by atoms with E-state index in [1.54, 1.807) is 0 Å². The molecule has 0 spiro atoms. The van der Waals surface area contributed by atoms with E-state index in [2.05, 4.69) is 28.5 Å². The Bertz CT molecular complexity index is 1060. The number of fused-ring (bicyclic) bond motifs is 1. The molecule has 8 nitrogen and oxygen atoms in total. The highest BCUT2D eigenvalue weighted by atomic mass is 16.5. The van der Waals surface area contributed by atoms with Crippen LogP contribution in [-0.2, 0) is 11.8 Å². The number of ether oxygens (including phenoxy) is 1. The summed E-state index contributed by atoms with van der Waals surface area (Å²) >= 11 is 0. The Labute approximate surface area is 176 Å². The smallest absolute Gasteiger partial charge is 0.319 e. The lowest BCUT2D eigenvalue weighted by molar-refractivity contribution is 0.0991. The van der Waals surface area contributed by atoms with Gasteiger partial charge in [-0.15, -0.1) is 0 Å². The van der Waals surface area contributed by atoms with Crippen LogP contribution in [-0.4, -0.2) is 52.9 Å². The second-order valence-corrected chi connectivity index (χ2v) is 7.60. The molecule has 0 radical (unpaired) electrons. The minimum atomic E-state index is -0.209. The Morgan fingerprint density at radius 1 is 1.27 bits per heavy atom. The Kier molecular flexibility index (Phi) is 5.59. The van der Waals surface area contributed by atoms with E-state index in [0.29, 0.717) is 19.8 Å². The monoisotopic (exact) mass is 408 g/mol. The SMILES string of the molecule is CCNC(=O)Nc1ccc(-c2cc(N3CCOC[C@@H]3C)c3nc(C)n(C)c3n2)cc1. The predicted molar refractivity (Wildman–Crippen MR) is 119 cm³/mol. The van der Waals surface area contributed by atoms with Gasteiger partial charge in [-0.2, -0.15) is 0 Å². The van der Waals surface area contributed by atoms with E-state index >= 15 is 0 Å². The van der Waals surface area contributed by atoms with Gasteiger partial charge in [0, 0.05) is 37.4 Å². The van der Waals surface area contributed by atoms with Crippen LogP contribution < -0.4 is 15.5 Å². The van der Waals surface area contributed by atoms with Crippen molar-refractivity contribution in [1.29, 1.82) is 0 Å². The molecule has 2 aromatic heterocycles. The van der Waals surface area contributed by atoms with Crippen molar-refractivity contribution in [2.24, 2.45) is 7.05 Å². The Morgan fingerprint density at radius 2 is 2.03 bits per heavy atom. The van der Waals surface area contributed by atoms with Crippen molar-refractivity contribution in [3.8, 4) is 11.3 Å². The molecule has 2 amide bonds. The first-order valence-electron chi connectivity index (χ1n) is 10.3. The summed E-state index contributed by atoms with van der Waals surface area (Å²) in [5.74, 6) is 0.929. The largest absolute Gasteiger partial charge is 0.377 e. The molecule has 1 aliphatic rings. The van der Waals surface area contributed by atoms with Crippen LogP contribution in [0.4, 0.5) is 16.2 Å². The third kappa shape index (κ3) is 3.82. The van der Waals surface area contributed by atoms with E-state index < -0.39 is 0 Å². The fraction of sp³-hybridized carbons (Fsp3) is 0.409. The number of anilines is 2. The van der Waals surface area contributed by atoms with E-state index in [4.69, 9.17) is 14.7 Å². The zero-order valence-electron chi connectivity index (χ0n) is 17.9. The molecule has 1 aromatic carbocycles. The second kappa shape index (κ2) is 8.31. The Hall–Kier alpha value is -3.13. The van der Waals surface area contributed by atoms with Crippen LogP contribution >= 0.6 is 0 Å². The van der Waals surface area contributed by atoms with Gasteiger partial charge in [-0.3, -0.25) is 0 Å². The van der Waals surface area contributed by atoms with Gasteiger partial charge in [0.15, 0.2) is 5.65 Å². The molecule has 3 aromatic rings. The number of hydrogen-bond donors (Lipinski definition) is 2. The molecule has 0 aliphatic carbocycles. The van der Waals surface area contributed by atoms with Gasteiger partial charge in [0.25, 0.3) is 0 Å². The van der Waals surface area contributed by atoms with Gasteiger partial charge in [-0.25, -0.2) is 14.8 Å². The van der Waals surface area contributed by atoms with Gasteiger partial charge >= 0.3 is 6.03 Å². The summed E-state index contributed by atoms with van der Waals surface area (Å²) in [6.07, 6.45) is 0. The number of imidazole rings is 1. The van der Waals surface area contributed by atoms with Crippen LogP contribution in [0.5, 0.6) is 0 Å². The fourth-order valence-corrected chi connectivity index (χ4v) is 3.75. The summed E-state index contributed by atoms with van der Waals surface area (Å²) in [7, 11) is 1.99.